The largest absolute Gasteiger partial charge is 0.418 e. The summed E-state index contributed by atoms with van der Waals surface area (Å²) in [5.74, 6) is 0.00329. The highest BCUT2D eigenvalue weighted by Gasteiger charge is 2.48. The molecule has 3 aromatic rings. The van der Waals surface area contributed by atoms with Crippen LogP contribution in [-0.2, 0) is 28.0 Å². The molecular formula is C26H26F3N5O3S. The number of pyridine rings is 1. The number of nitrogens with zero attached hydrogens (tertiary/aromatic N) is 4. The van der Waals surface area contributed by atoms with Gasteiger partial charge in [0, 0.05) is 18.5 Å². The number of halogens is 3. The van der Waals surface area contributed by atoms with Gasteiger partial charge < -0.3 is 5.32 Å². The molecule has 2 aliphatic rings. The Labute approximate surface area is 218 Å². The number of anilines is 1. The minimum absolute atomic E-state index is 0.00329. The summed E-state index contributed by atoms with van der Waals surface area (Å²) in [6, 6.07) is 9.96. The van der Waals surface area contributed by atoms with Crippen LogP contribution in [0.25, 0.3) is 11.4 Å². The van der Waals surface area contributed by atoms with Crippen LogP contribution >= 0.6 is 0 Å². The minimum atomic E-state index is -4.61. The van der Waals surface area contributed by atoms with Gasteiger partial charge in [0.1, 0.15) is 5.69 Å². The fraction of sp³-hybridized carbons (Fsp3) is 0.385. The molecule has 0 atom stereocenters. The molecule has 2 amide bonds. The fourth-order valence-electron chi connectivity index (χ4n) is 5.29. The molecular weight excluding hydrogens is 519 g/mol. The zero-order valence-corrected chi connectivity index (χ0v) is 21.4. The van der Waals surface area contributed by atoms with Crippen LogP contribution in [0.3, 0.4) is 0 Å². The number of hydrogen-bond donors (Lipinski definition) is 1. The summed E-state index contributed by atoms with van der Waals surface area (Å²) in [5, 5.41) is 10.3. The summed E-state index contributed by atoms with van der Waals surface area (Å²) in [6.07, 6.45) is -0.178. The van der Waals surface area contributed by atoms with E-state index in [1.165, 1.54) is 18.2 Å². The summed E-state index contributed by atoms with van der Waals surface area (Å²) in [4.78, 5) is 19.7. The normalized spacial score (nSPS) is 16.6. The Kier molecular flexibility index (Phi) is 6.62. The van der Waals surface area contributed by atoms with Gasteiger partial charge in [0.2, 0.25) is 0 Å². The number of alkyl halides is 3. The van der Waals surface area contributed by atoms with Crippen LogP contribution in [-0.4, -0.2) is 41.9 Å². The second-order valence-electron chi connectivity index (χ2n) is 9.64. The Balaban J connectivity index is 1.41. The third-order valence-corrected chi connectivity index (χ3v) is 9.06. The van der Waals surface area contributed by atoms with Crippen LogP contribution in [0, 0.1) is 0 Å². The lowest BCUT2D eigenvalue weighted by molar-refractivity contribution is -0.137. The number of hydrogen-bond acceptors (Lipinski definition) is 6. The van der Waals surface area contributed by atoms with Gasteiger partial charge in [-0.15, -0.1) is 5.10 Å². The van der Waals surface area contributed by atoms with E-state index < -0.39 is 27.0 Å². The molecule has 0 radical (unpaired) electrons. The molecule has 1 fully saturated rings. The lowest BCUT2D eigenvalue weighted by Gasteiger charge is -2.24. The van der Waals surface area contributed by atoms with Crippen LogP contribution < -0.4 is 10.2 Å². The lowest BCUT2D eigenvalue weighted by atomic mass is 9.84. The van der Waals surface area contributed by atoms with E-state index in [1.807, 2.05) is 0 Å². The highest BCUT2D eigenvalue weighted by molar-refractivity contribution is 7.91. The topological polar surface area (TPSA) is 105 Å². The molecule has 1 spiro atoms. The van der Waals surface area contributed by atoms with E-state index in [0.29, 0.717) is 17.9 Å². The van der Waals surface area contributed by atoms with Gasteiger partial charge in [-0.2, -0.15) is 18.3 Å². The average Bonchev–Trinajstić information content (AvgIpc) is 3.52. The molecule has 1 N–H and O–H groups in total. The van der Waals surface area contributed by atoms with Gasteiger partial charge in [-0.1, -0.05) is 31.9 Å². The van der Waals surface area contributed by atoms with Crippen LogP contribution in [0.15, 0.2) is 53.6 Å². The number of urea groups is 1. The number of aromatic nitrogens is 3. The molecule has 0 saturated heterocycles. The Morgan fingerprint density at radius 1 is 1.08 bits per heavy atom. The van der Waals surface area contributed by atoms with E-state index >= 15 is 0 Å². The lowest BCUT2D eigenvalue weighted by Crippen LogP contribution is -2.41. The Bertz CT molecular complexity index is 1470. The van der Waals surface area contributed by atoms with Gasteiger partial charge in [-0.25, -0.2) is 18.2 Å². The summed E-state index contributed by atoms with van der Waals surface area (Å²) < 4.78 is 64.9. The van der Waals surface area contributed by atoms with Gasteiger partial charge in [-0.3, -0.25) is 4.90 Å². The van der Waals surface area contributed by atoms with Crippen molar-refractivity contribution in [3.8, 4) is 11.4 Å². The first kappa shape index (κ1) is 26.1. The number of sulfone groups is 1. The third-order valence-electron chi connectivity index (χ3n) is 7.31. The maximum Gasteiger partial charge on any atom is 0.418 e. The summed E-state index contributed by atoms with van der Waals surface area (Å²) in [5.41, 5.74) is 0.294. The molecule has 200 valence electrons. The predicted octanol–water partition coefficient (Wildman–Crippen LogP) is 4.89. The molecule has 2 aromatic heterocycles. The molecule has 1 aliphatic carbocycles. The van der Waals surface area contributed by atoms with Crippen molar-refractivity contribution in [2.45, 2.75) is 55.6 Å². The van der Waals surface area contributed by atoms with Crippen molar-refractivity contribution in [2.24, 2.45) is 0 Å². The van der Waals surface area contributed by atoms with Crippen LogP contribution in [0.2, 0.25) is 0 Å². The summed E-state index contributed by atoms with van der Waals surface area (Å²) >= 11 is 0. The number of fused-ring (bicyclic) bond motifs is 2. The summed E-state index contributed by atoms with van der Waals surface area (Å²) in [6.45, 7) is 2.14. The predicted molar refractivity (Wildman–Crippen MR) is 134 cm³/mol. The maximum atomic E-state index is 13.6. The number of amides is 2. The number of carbonyl (C=O) groups excluding carboxylic acids is 1. The van der Waals surface area contributed by atoms with Gasteiger partial charge in [0.15, 0.2) is 9.84 Å². The zero-order valence-electron chi connectivity index (χ0n) is 20.6. The molecule has 0 unspecified atom stereocenters. The average molecular weight is 546 g/mol. The number of rotatable bonds is 5. The smallest absolute Gasteiger partial charge is 0.334 e. The van der Waals surface area contributed by atoms with E-state index in [1.54, 1.807) is 30.0 Å². The number of benzene rings is 1. The number of nitrogens with one attached hydrogen (secondary N) is 1. The van der Waals surface area contributed by atoms with E-state index in [-0.39, 0.29) is 34.6 Å². The van der Waals surface area contributed by atoms with Crippen LogP contribution in [0.4, 0.5) is 23.7 Å². The van der Waals surface area contributed by atoms with Gasteiger partial charge >= 0.3 is 12.2 Å². The van der Waals surface area contributed by atoms with Crippen molar-refractivity contribution in [2.75, 3.05) is 17.2 Å². The van der Waals surface area contributed by atoms with Crippen molar-refractivity contribution >= 4 is 21.6 Å². The van der Waals surface area contributed by atoms with E-state index in [2.05, 4.69) is 20.5 Å². The molecule has 8 nitrogen and oxygen atoms in total. The first-order valence-electron chi connectivity index (χ1n) is 12.3. The Hall–Kier alpha value is -3.54. The van der Waals surface area contributed by atoms with Gasteiger partial charge in [0.25, 0.3) is 0 Å². The van der Waals surface area contributed by atoms with Crippen LogP contribution in [0.1, 0.15) is 49.4 Å². The standard InChI is InChI=1S/C26H26F3N5O3S/c1-2-38(36,37)18-7-5-17(6-8-18)15-30-24(35)34-16-25(12-3-4-13-25)23-21(34)10-9-20(32-23)22-19(26(27,28)29)11-14-31-33-22/h5-11,14H,2-4,12-13,15-16H2,1H3,(H,30,35). The Morgan fingerprint density at radius 3 is 2.45 bits per heavy atom. The zero-order chi connectivity index (χ0) is 27.1. The summed E-state index contributed by atoms with van der Waals surface area (Å²) in [7, 11) is -3.31. The van der Waals surface area contributed by atoms with E-state index in [4.69, 9.17) is 0 Å². The molecule has 1 saturated carbocycles. The molecule has 38 heavy (non-hydrogen) atoms. The first-order valence-corrected chi connectivity index (χ1v) is 14.0. The maximum absolute atomic E-state index is 13.6. The quantitative estimate of drug-likeness (QED) is 0.489. The second-order valence-corrected chi connectivity index (χ2v) is 11.9. The van der Waals surface area contributed by atoms with E-state index in [9.17, 15) is 26.4 Å². The van der Waals surface area contributed by atoms with E-state index in [0.717, 1.165) is 43.5 Å². The van der Waals surface area contributed by atoms with Crippen molar-refractivity contribution in [3.05, 3.63) is 65.5 Å². The van der Waals surface area contributed by atoms with Crippen molar-refractivity contribution in [1.29, 1.82) is 0 Å². The molecule has 1 aromatic carbocycles. The van der Waals surface area contributed by atoms with Gasteiger partial charge in [0.05, 0.1) is 39.5 Å². The highest BCUT2D eigenvalue weighted by atomic mass is 32.2. The first-order chi connectivity index (χ1) is 18.0. The highest BCUT2D eigenvalue weighted by Crippen LogP contribution is 2.50. The Morgan fingerprint density at radius 2 is 1.79 bits per heavy atom. The number of carbonyl (C=O) groups is 1. The monoisotopic (exact) mass is 545 g/mol. The second kappa shape index (κ2) is 9.64. The SMILES string of the molecule is CCS(=O)(=O)c1ccc(CNC(=O)N2CC3(CCCC3)c3nc(-c4nnccc4C(F)(F)F)ccc32)cc1. The molecule has 12 heteroatoms. The van der Waals surface area contributed by atoms with Crippen molar-refractivity contribution in [1.82, 2.24) is 20.5 Å². The van der Waals surface area contributed by atoms with Crippen molar-refractivity contribution < 1.29 is 26.4 Å². The minimum Gasteiger partial charge on any atom is -0.334 e. The third kappa shape index (κ3) is 4.72. The molecule has 0 bridgehead atoms. The molecule has 5 rings (SSSR count). The van der Waals surface area contributed by atoms with Gasteiger partial charge in [-0.05, 0) is 48.7 Å². The molecule has 3 heterocycles. The van der Waals surface area contributed by atoms with Crippen molar-refractivity contribution in [3.63, 3.8) is 0 Å². The fourth-order valence-corrected chi connectivity index (χ4v) is 6.17. The van der Waals surface area contributed by atoms with Crippen LogP contribution in [0.5, 0.6) is 0 Å². The molecule has 1 aliphatic heterocycles.